The second kappa shape index (κ2) is 10.0. The Morgan fingerprint density at radius 2 is 1.10 bits per heavy atom. The number of nitrogens with zero attached hydrogens (tertiary/aromatic N) is 2. The molecule has 2 atom stereocenters. The molecule has 8 heteroatoms. The SMILES string of the molecule is C[C@@H]1CN(C(=O)COc2ccc(Cl)cc2)[C@H](C)CN1C(=O)COc1ccc(Cl)cc1. The van der Waals surface area contributed by atoms with Crippen molar-refractivity contribution in [3.63, 3.8) is 0 Å². The van der Waals surface area contributed by atoms with Crippen molar-refractivity contribution in [2.45, 2.75) is 25.9 Å². The smallest absolute Gasteiger partial charge is 0.260 e. The molecule has 2 amide bonds. The van der Waals surface area contributed by atoms with Crippen LogP contribution in [0.25, 0.3) is 0 Å². The van der Waals surface area contributed by atoms with Crippen LogP contribution < -0.4 is 9.47 Å². The predicted octanol–water partition coefficient (Wildman–Crippen LogP) is 3.90. The number of hydrogen-bond acceptors (Lipinski definition) is 4. The molecule has 30 heavy (non-hydrogen) atoms. The molecule has 0 aliphatic carbocycles. The third kappa shape index (κ3) is 5.80. The van der Waals surface area contributed by atoms with Crippen LogP contribution in [0.4, 0.5) is 0 Å². The molecule has 1 fully saturated rings. The first-order chi connectivity index (χ1) is 14.3. The summed E-state index contributed by atoms with van der Waals surface area (Å²) in [6, 6.07) is 13.5. The molecule has 3 rings (SSSR count). The minimum absolute atomic E-state index is 0.0632. The van der Waals surface area contributed by atoms with Crippen LogP contribution in [-0.4, -0.2) is 60.0 Å². The zero-order valence-corrected chi connectivity index (χ0v) is 18.4. The molecule has 1 aliphatic heterocycles. The second-order valence-corrected chi connectivity index (χ2v) is 8.15. The van der Waals surface area contributed by atoms with Crippen molar-refractivity contribution in [3.05, 3.63) is 58.6 Å². The molecule has 2 aromatic carbocycles. The Bertz CT molecular complexity index is 800. The summed E-state index contributed by atoms with van der Waals surface area (Å²) in [5.74, 6) is 0.936. The molecule has 0 radical (unpaired) electrons. The highest BCUT2D eigenvalue weighted by molar-refractivity contribution is 6.30. The number of piperazine rings is 1. The summed E-state index contributed by atoms with van der Waals surface area (Å²) in [7, 11) is 0. The van der Waals surface area contributed by atoms with Gasteiger partial charge in [-0.2, -0.15) is 0 Å². The number of carbonyl (C=O) groups is 2. The highest BCUT2D eigenvalue weighted by atomic mass is 35.5. The molecule has 0 bridgehead atoms. The average Bonchev–Trinajstić information content (AvgIpc) is 2.73. The van der Waals surface area contributed by atoms with Crippen molar-refractivity contribution in [3.8, 4) is 11.5 Å². The molecule has 1 aliphatic rings. The van der Waals surface area contributed by atoms with Gasteiger partial charge in [-0.25, -0.2) is 0 Å². The monoisotopic (exact) mass is 450 g/mol. The molecule has 1 heterocycles. The zero-order valence-electron chi connectivity index (χ0n) is 16.9. The molecule has 0 aromatic heterocycles. The molecule has 0 N–H and O–H groups in total. The molecule has 2 aromatic rings. The van der Waals surface area contributed by atoms with Crippen LogP contribution in [0.2, 0.25) is 10.0 Å². The summed E-state index contributed by atoms with van der Waals surface area (Å²) in [6.45, 7) is 4.60. The Morgan fingerprint density at radius 1 is 0.767 bits per heavy atom. The van der Waals surface area contributed by atoms with Gasteiger partial charge in [0.1, 0.15) is 11.5 Å². The van der Waals surface area contributed by atoms with Gasteiger partial charge in [0.2, 0.25) is 0 Å². The van der Waals surface area contributed by atoms with Gasteiger partial charge in [0.15, 0.2) is 13.2 Å². The van der Waals surface area contributed by atoms with E-state index >= 15 is 0 Å². The second-order valence-electron chi connectivity index (χ2n) is 7.28. The zero-order chi connectivity index (χ0) is 21.7. The summed E-state index contributed by atoms with van der Waals surface area (Å²) in [5, 5.41) is 1.22. The van der Waals surface area contributed by atoms with Crippen LogP contribution in [0.15, 0.2) is 48.5 Å². The van der Waals surface area contributed by atoms with Gasteiger partial charge < -0.3 is 19.3 Å². The third-order valence-corrected chi connectivity index (χ3v) is 5.48. The van der Waals surface area contributed by atoms with Gasteiger partial charge in [-0.15, -0.1) is 0 Å². The summed E-state index contributed by atoms with van der Waals surface area (Å²) in [6.07, 6.45) is 0. The van der Waals surface area contributed by atoms with Crippen molar-refractivity contribution >= 4 is 35.0 Å². The van der Waals surface area contributed by atoms with E-state index in [1.165, 1.54) is 0 Å². The van der Waals surface area contributed by atoms with Crippen molar-refractivity contribution in [1.29, 1.82) is 0 Å². The fraction of sp³-hybridized carbons (Fsp3) is 0.364. The standard InChI is InChI=1S/C22H24Cl2N2O4/c1-15-11-26(22(28)14-30-20-9-5-18(24)6-10-20)16(2)12-25(15)21(27)13-29-19-7-3-17(23)4-8-19/h3-10,15-16H,11-14H2,1-2H3/t15-,16-/m1/s1. The van der Waals surface area contributed by atoms with Crippen molar-refractivity contribution in [2.24, 2.45) is 0 Å². The Labute approximate surface area is 186 Å². The largest absolute Gasteiger partial charge is 0.484 e. The van der Waals surface area contributed by atoms with Gasteiger partial charge in [-0.1, -0.05) is 23.2 Å². The number of rotatable bonds is 6. The summed E-state index contributed by atoms with van der Waals surface area (Å²) < 4.78 is 11.1. The quantitative estimate of drug-likeness (QED) is 0.669. The van der Waals surface area contributed by atoms with E-state index in [9.17, 15) is 9.59 Å². The van der Waals surface area contributed by atoms with E-state index < -0.39 is 0 Å². The van der Waals surface area contributed by atoms with Crippen molar-refractivity contribution in [2.75, 3.05) is 26.3 Å². The first-order valence-corrected chi connectivity index (χ1v) is 10.4. The lowest BCUT2D eigenvalue weighted by atomic mass is 10.1. The molecule has 0 spiro atoms. The van der Waals surface area contributed by atoms with Gasteiger partial charge in [0, 0.05) is 35.2 Å². The third-order valence-electron chi connectivity index (χ3n) is 4.98. The van der Waals surface area contributed by atoms with Gasteiger partial charge in [0.25, 0.3) is 11.8 Å². The lowest BCUT2D eigenvalue weighted by Crippen LogP contribution is -2.60. The molecular formula is C22H24Cl2N2O4. The van der Waals surface area contributed by atoms with Crippen molar-refractivity contribution in [1.82, 2.24) is 9.80 Å². The van der Waals surface area contributed by atoms with E-state index in [4.69, 9.17) is 32.7 Å². The van der Waals surface area contributed by atoms with Crippen LogP contribution in [-0.2, 0) is 9.59 Å². The van der Waals surface area contributed by atoms with Crippen LogP contribution >= 0.6 is 23.2 Å². The Balaban J connectivity index is 1.50. The minimum atomic E-state index is -0.123. The molecule has 160 valence electrons. The number of amides is 2. The fourth-order valence-corrected chi connectivity index (χ4v) is 3.59. The topological polar surface area (TPSA) is 59.1 Å². The van der Waals surface area contributed by atoms with Gasteiger partial charge in [-0.05, 0) is 62.4 Å². The normalized spacial score (nSPS) is 18.8. The van der Waals surface area contributed by atoms with E-state index in [2.05, 4.69) is 0 Å². The van der Waals surface area contributed by atoms with E-state index in [0.717, 1.165) is 0 Å². The Kier molecular flexibility index (Phi) is 7.45. The minimum Gasteiger partial charge on any atom is -0.484 e. The van der Waals surface area contributed by atoms with E-state index in [1.54, 1.807) is 58.3 Å². The molecule has 6 nitrogen and oxygen atoms in total. The van der Waals surface area contributed by atoms with Crippen LogP contribution in [0.1, 0.15) is 13.8 Å². The predicted molar refractivity (Wildman–Crippen MR) is 116 cm³/mol. The maximum atomic E-state index is 12.6. The van der Waals surface area contributed by atoms with Gasteiger partial charge >= 0.3 is 0 Å². The highest BCUT2D eigenvalue weighted by Gasteiger charge is 2.34. The van der Waals surface area contributed by atoms with Gasteiger partial charge in [0.05, 0.1) is 0 Å². The first-order valence-electron chi connectivity index (χ1n) is 9.69. The van der Waals surface area contributed by atoms with E-state index in [1.807, 2.05) is 13.8 Å². The summed E-state index contributed by atoms with van der Waals surface area (Å²) in [4.78, 5) is 28.8. The van der Waals surface area contributed by atoms with Gasteiger partial charge in [-0.3, -0.25) is 9.59 Å². The Morgan fingerprint density at radius 3 is 1.43 bits per heavy atom. The lowest BCUT2D eigenvalue weighted by Gasteiger charge is -2.44. The summed E-state index contributed by atoms with van der Waals surface area (Å²) in [5.41, 5.74) is 0. The number of hydrogen-bond donors (Lipinski definition) is 0. The van der Waals surface area contributed by atoms with E-state index in [-0.39, 0.29) is 37.1 Å². The maximum absolute atomic E-state index is 12.6. The van der Waals surface area contributed by atoms with Crippen LogP contribution in [0.3, 0.4) is 0 Å². The van der Waals surface area contributed by atoms with Crippen LogP contribution in [0, 0.1) is 0 Å². The fourth-order valence-electron chi connectivity index (χ4n) is 3.34. The molecule has 0 unspecified atom stereocenters. The summed E-state index contributed by atoms with van der Waals surface area (Å²) >= 11 is 11.7. The lowest BCUT2D eigenvalue weighted by molar-refractivity contribution is -0.148. The first kappa shape index (κ1) is 22.2. The van der Waals surface area contributed by atoms with Crippen molar-refractivity contribution < 1.29 is 19.1 Å². The van der Waals surface area contributed by atoms with E-state index in [0.29, 0.717) is 34.6 Å². The molecular weight excluding hydrogens is 427 g/mol. The number of benzene rings is 2. The highest BCUT2D eigenvalue weighted by Crippen LogP contribution is 2.19. The number of carbonyl (C=O) groups excluding carboxylic acids is 2. The Hall–Kier alpha value is -2.44. The molecule has 0 saturated carbocycles. The molecule has 1 saturated heterocycles. The number of halogens is 2. The maximum Gasteiger partial charge on any atom is 0.260 e. The average molecular weight is 451 g/mol. The number of ether oxygens (including phenoxy) is 2. The van der Waals surface area contributed by atoms with Crippen LogP contribution in [0.5, 0.6) is 11.5 Å².